The number of aromatic nitrogens is 2. The van der Waals surface area contributed by atoms with Gasteiger partial charge < -0.3 is 0 Å². The first-order chi connectivity index (χ1) is 16.0. The molecule has 4 nitrogen and oxygen atoms in total. The van der Waals surface area contributed by atoms with Crippen LogP contribution in [0, 0.1) is 27.7 Å². The van der Waals surface area contributed by atoms with Crippen LogP contribution in [0.2, 0.25) is 0 Å². The standard InChI is InChI=1S/C29H28N4.4BrH.2Ni/c1-20-13-24(14-21(2)28(20)32-18-26-9-5-7-11-30-26)17-25-15-22(3)29(23(4)16-25)33-19-27-10-6-8-12-31-27;;;;;;/h5-16,18-19H,17H2,1-4H3;4*1H;;. The Labute approximate surface area is 294 Å². The second-order valence-electron chi connectivity index (χ2n) is 8.36. The van der Waals surface area contributed by atoms with Crippen molar-refractivity contribution in [1.82, 2.24) is 9.97 Å². The first kappa shape index (κ1) is 42.5. The number of hydrogen-bond donors (Lipinski definition) is 0. The molecule has 0 saturated heterocycles. The Balaban J connectivity index is -0.00000216. The molecular formula is C29H32Br4N4Ni2. The van der Waals surface area contributed by atoms with Gasteiger partial charge in [0.15, 0.2) is 0 Å². The minimum Gasteiger partial charge on any atom is -0.255 e. The SMILES string of the molecule is Br.Br.Br.Br.Cc1cc(Cc2cc(C)c(N=Cc3ccccn3)c(C)c2)cc(C)c1N=Cc1ccccn1.[Ni].[Ni]. The molecular weight excluding hydrogens is 841 g/mol. The van der Waals surface area contributed by atoms with Crippen molar-refractivity contribution in [2.24, 2.45) is 9.98 Å². The van der Waals surface area contributed by atoms with E-state index in [0.717, 1.165) is 29.2 Å². The number of halogens is 4. The summed E-state index contributed by atoms with van der Waals surface area (Å²) in [6.45, 7) is 8.47. The van der Waals surface area contributed by atoms with E-state index < -0.39 is 0 Å². The van der Waals surface area contributed by atoms with E-state index in [2.05, 4.69) is 61.9 Å². The summed E-state index contributed by atoms with van der Waals surface area (Å²) < 4.78 is 0. The molecule has 10 heteroatoms. The number of benzene rings is 2. The molecule has 0 saturated carbocycles. The van der Waals surface area contributed by atoms with Gasteiger partial charge >= 0.3 is 0 Å². The molecule has 4 rings (SSSR count). The predicted octanol–water partition coefficient (Wildman–Crippen LogP) is 9.11. The quantitative estimate of drug-likeness (QED) is 0.144. The van der Waals surface area contributed by atoms with Crippen LogP contribution < -0.4 is 0 Å². The minimum atomic E-state index is 0. The van der Waals surface area contributed by atoms with Gasteiger partial charge in [-0.15, -0.1) is 67.9 Å². The summed E-state index contributed by atoms with van der Waals surface area (Å²) in [5, 5.41) is 0. The van der Waals surface area contributed by atoms with E-state index in [1.54, 1.807) is 12.4 Å². The summed E-state index contributed by atoms with van der Waals surface area (Å²) in [6.07, 6.45) is 8.09. The van der Waals surface area contributed by atoms with Crippen LogP contribution in [0.4, 0.5) is 11.4 Å². The third-order valence-electron chi connectivity index (χ3n) is 5.54. The van der Waals surface area contributed by atoms with Gasteiger partial charge in [-0.3, -0.25) is 20.0 Å². The van der Waals surface area contributed by atoms with Gasteiger partial charge in [0, 0.05) is 45.4 Å². The third-order valence-corrected chi connectivity index (χ3v) is 5.54. The molecule has 0 fully saturated rings. The Morgan fingerprint density at radius 1 is 0.564 bits per heavy atom. The molecule has 39 heavy (non-hydrogen) atoms. The topological polar surface area (TPSA) is 50.5 Å². The molecule has 2 heterocycles. The number of hydrogen-bond acceptors (Lipinski definition) is 4. The van der Waals surface area contributed by atoms with Gasteiger partial charge in [0.25, 0.3) is 0 Å². The summed E-state index contributed by atoms with van der Waals surface area (Å²) in [6, 6.07) is 20.6. The number of rotatable bonds is 6. The van der Waals surface area contributed by atoms with Crippen LogP contribution in [0.1, 0.15) is 44.8 Å². The molecule has 0 radical (unpaired) electrons. The monoisotopic (exact) mass is 868 g/mol. The second-order valence-corrected chi connectivity index (χ2v) is 8.36. The zero-order chi connectivity index (χ0) is 23.2. The molecule has 0 aliphatic heterocycles. The van der Waals surface area contributed by atoms with Gasteiger partial charge in [0.1, 0.15) is 0 Å². The predicted molar refractivity (Wildman–Crippen MR) is 179 cm³/mol. The average Bonchev–Trinajstić information content (AvgIpc) is 2.79. The van der Waals surface area contributed by atoms with Crippen molar-refractivity contribution >= 4 is 91.7 Å². The smallest absolute Gasteiger partial charge is 0.0812 e. The normalized spacial score (nSPS) is 9.74. The second kappa shape index (κ2) is 20.8. The van der Waals surface area contributed by atoms with Crippen molar-refractivity contribution < 1.29 is 33.0 Å². The Hall–Kier alpha value is -1.01. The molecule has 216 valence electrons. The summed E-state index contributed by atoms with van der Waals surface area (Å²) in [5.41, 5.74) is 11.0. The fraction of sp³-hybridized carbons (Fsp3) is 0.172. The number of pyridine rings is 2. The Morgan fingerprint density at radius 2 is 0.897 bits per heavy atom. The Bertz CT molecular complexity index is 1190. The molecule has 0 amide bonds. The van der Waals surface area contributed by atoms with Crippen LogP contribution in [-0.2, 0) is 39.4 Å². The van der Waals surface area contributed by atoms with Crippen LogP contribution in [-0.4, -0.2) is 22.4 Å². The van der Waals surface area contributed by atoms with E-state index in [9.17, 15) is 0 Å². The van der Waals surface area contributed by atoms with E-state index in [4.69, 9.17) is 9.98 Å². The van der Waals surface area contributed by atoms with Gasteiger partial charge in [-0.2, -0.15) is 0 Å². The van der Waals surface area contributed by atoms with Crippen molar-refractivity contribution in [3.63, 3.8) is 0 Å². The van der Waals surface area contributed by atoms with E-state index in [1.807, 2.05) is 48.8 Å². The minimum absolute atomic E-state index is 0. The van der Waals surface area contributed by atoms with Crippen molar-refractivity contribution in [3.8, 4) is 0 Å². The van der Waals surface area contributed by atoms with Crippen LogP contribution in [0.15, 0.2) is 83.0 Å². The van der Waals surface area contributed by atoms with Gasteiger partial charge in [0.2, 0.25) is 0 Å². The van der Waals surface area contributed by atoms with E-state index >= 15 is 0 Å². The van der Waals surface area contributed by atoms with E-state index in [-0.39, 0.29) is 101 Å². The average molecular weight is 874 g/mol. The molecule has 0 spiro atoms. The molecule has 0 unspecified atom stereocenters. The third kappa shape index (κ3) is 12.2. The van der Waals surface area contributed by atoms with E-state index in [1.165, 1.54) is 33.4 Å². The zero-order valence-electron chi connectivity index (χ0n) is 21.8. The fourth-order valence-corrected chi connectivity index (χ4v) is 4.10. The fourth-order valence-electron chi connectivity index (χ4n) is 4.10. The summed E-state index contributed by atoms with van der Waals surface area (Å²) in [7, 11) is 0. The maximum Gasteiger partial charge on any atom is 0.0812 e. The molecule has 2 aromatic heterocycles. The van der Waals surface area contributed by atoms with E-state index in [0.29, 0.717) is 0 Å². The number of aliphatic imine (C=N–C) groups is 2. The summed E-state index contributed by atoms with van der Waals surface area (Å²) >= 11 is 0. The first-order valence-corrected chi connectivity index (χ1v) is 11.1. The summed E-state index contributed by atoms with van der Waals surface area (Å²) in [5.74, 6) is 0. The van der Waals surface area contributed by atoms with Crippen molar-refractivity contribution in [2.75, 3.05) is 0 Å². The molecule has 4 aromatic rings. The van der Waals surface area contributed by atoms with Crippen LogP contribution in [0.5, 0.6) is 0 Å². The van der Waals surface area contributed by atoms with Crippen molar-refractivity contribution in [3.05, 3.63) is 118 Å². The van der Waals surface area contributed by atoms with Gasteiger partial charge in [0.05, 0.1) is 35.2 Å². The number of aryl methyl sites for hydroxylation is 4. The van der Waals surface area contributed by atoms with Gasteiger partial charge in [-0.1, -0.05) is 36.4 Å². The molecule has 2 aromatic carbocycles. The van der Waals surface area contributed by atoms with Crippen molar-refractivity contribution in [2.45, 2.75) is 34.1 Å². The number of nitrogens with zero attached hydrogens (tertiary/aromatic N) is 4. The van der Waals surface area contributed by atoms with Crippen molar-refractivity contribution in [1.29, 1.82) is 0 Å². The van der Waals surface area contributed by atoms with Crippen LogP contribution in [0.25, 0.3) is 0 Å². The largest absolute Gasteiger partial charge is 0.255 e. The summed E-state index contributed by atoms with van der Waals surface area (Å²) in [4.78, 5) is 18.0. The molecule has 0 aliphatic rings. The molecule has 0 atom stereocenters. The Morgan fingerprint density at radius 3 is 1.18 bits per heavy atom. The van der Waals surface area contributed by atoms with Gasteiger partial charge in [-0.25, -0.2) is 0 Å². The molecule has 0 N–H and O–H groups in total. The maximum atomic E-state index is 4.70. The van der Waals surface area contributed by atoms with Crippen LogP contribution in [0.3, 0.4) is 0 Å². The molecule has 0 bridgehead atoms. The first-order valence-electron chi connectivity index (χ1n) is 11.1. The molecule has 0 aliphatic carbocycles. The van der Waals surface area contributed by atoms with Gasteiger partial charge in [-0.05, 0) is 91.8 Å². The maximum absolute atomic E-state index is 4.70. The van der Waals surface area contributed by atoms with Crippen LogP contribution >= 0.6 is 67.9 Å². The zero-order valence-corrected chi connectivity index (χ0v) is 30.7. The Kier molecular flexibility index (Phi) is 22.6.